The van der Waals surface area contributed by atoms with E-state index in [-0.39, 0.29) is 6.10 Å². The van der Waals surface area contributed by atoms with Gasteiger partial charge in [-0.3, -0.25) is 0 Å². The highest BCUT2D eigenvalue weighted by atomic mass is 79.9. The van der Waals surface area contributed by atoms with E-state index < -0.39 is 0 Å². The first-order valence-electron chi connectivity index (χ1n) is 6.49. The van der Waals surface area contributed by atoms with Crippen LogP contribution in [0.15, 0.2) is 51.4 Å². The van der Waals surface area contributed by atoms with Gasteiger partial charge in [0.1, 0.15) is 5.75 Å². The first-order valence-corrected chi connectivity index (χ1v) is 8.07. The molecule has 0 bridgehead atoms. The van der Waals surface area contributed by atoms with E-state index in [0.717, 1.165) is 26.9 Å². The predicted octanol–water partition coefficient (Wildman–Crippen LogP) is 5.61. The maximum Gasteiger partial charge on any atom is 0.119 e. The van der Waals surface area contributed by atoms with Crippen molar-refractivity contribution >= 4 is 37.5 Å². The lowest BCUT2D eigenvalue weighted by Gasteiger charge is -2.11. The average Bonchev–Trinajstić information content (AvgIpc) is 2.41. The molecular weight excluding hydrogens is 382 g/mol. The fourth-order valence-corrected chi connectivity index (χ4v) is 2.54. The molecule has 0 aliphatic carbocycles. The van der Waals surface area contributed by atoms with Crippen LogP contribution in [0.25, 0.3) is 0 Å². The predicted molar refractivity (Wildman–Crippen MR) is 91.4 cm³/mol. The fraction of sp³-hybridized carbons (Fsp3) is 0.250. The Labute approximate surface area is 136 Å². The first kappa shape index (κ1) is 15.4. The summed E-state index contributed by atoms with van der Waals surface area (Å²) in [7, 11) is 0. The second kappa shape index (κ2) is 7.14. The molecule has 0 unspecified atom stereocenters. The van der Waals surface area contributed by atoms with Crippen LogP contribution in [0.2, 0.25) is 0 Å². The summed E-state index contributed by atoms with van der Waals surface area (Å²) in [4.78, 5) is 0. The summed E-state index contributed by atoms with van der Waals surface area (Å²) in [5.74, 6) is 0.910. The van der Waals surface area contributed by atoms with Gasteiger partial charge in [0.2, 0.25) is 0 Å². The number of rotatable bonds is 5. The molecule has 0 aliphatic rings. The molecule has 0 amide bonds. The van der Waals surface area contributed by atoms with Gasteiger partial charge in [0, 0.05) is 21.2 Å². The summed E-state index contributed by atoms with van der Waals surface area (Å²) in [6.45, 7) is 4.83. The molecule has 0 aliphatic heterocycles. The average molecular weight is 399 g/mol. The molecule has 2 aromatic rings. The molecule has 0 fully saturated rings. The lowest BCUT2D eigenvalue weighted by Crippen LogP contribution is -2.05. The molecule has 20 heavy (non-hydrogen) atoms. The molecule has 106 valence electrons. The molecule has 0 saturated heterocycles. The molecule has 2 rings (SSSR count). The lowest BCUT2D eigenvalue weighted by atomic mass is 10.2. The number of hydrogen-bond acceptors (Lipinski definition) is 2. The van der Waals surface area contributed by atoms with Gasteiger partial charge in [0.05, 0.1) is 6.10 Å². The number of nitrogens with one attached hydrogen (secondary N) is 1. The molecular formula is C16H17Br2NO. The van der Waals surface area contributed by atoms with Crippen LogP contribution in [0.5, 0.6) is 5.75 Å². The van der Waals surface area contributed by atoms with Crippen LogP contribution in [-0.4, -0.2) is 6.10 Å². The highest BCUT2D eigenvalue weighted by molar-refractivity contribution is 9.11. The normalized spacial score (nSPS) is 10.7. The van der Waals surface area contributed by atoms with Gasteiger partial charge >= 0.3 is 0 Å². The lowest BCUT2D eigenvalue weighted by molar-refractivity contribution is 0.242. The monoisotopic (exact) mass is 397 g/mol. The molecule has 0 aromatic heterocycles. The van der Waals surface area contributed by atoms with Crippen LogP contribution in [0.1, 0.15) is 19.4 Å². The summed E-state index contributed by atoms with van der Waals surface area (Å²) < 4.78 is 7.75. The van der Waals surface area contributed by atoms with E-state index in [2.05, 4.69) is 55.4 Å². The number of benzene rings is 2. The van der Waals surface area contributed by atoms with Crippen molar-refractivity contribution in [1.82, 2.24) is 0 Å². The second-order valence-corrected chi connectivity index (χ2v) is 6.56. The molecule has 0 spiro atoms. The molecule has 2 nitrogen and oxygen atoms in total. The van der Waals surface area contributed by atoms with Gasteiger partial charge in [-0.25, -0.2) is 0 Å². The van der Waals surface area contributed by atoms with E-state index in [4.69, 9.17) is 4.74 Å². The van der Waals surface area contributed by atoms with Crippen molar-refractivity contribution in [2.45, 2.75) is 26.5 Å². The van der Waals surface area contributed by atoms with Gasteiger partial charge < -0.3 is 10.1 Å². The van der Waals surface area contributed by atoms with Gasteiger partial charge in [-0.15, -0.1) is 0 Å². The van der Waals surface area contributed by atoms with Gasteiger partial charge in [-0.2, -0.15) is 0 Å². The number of halogens is 2. The van der Waals surface area contributed by atoms with Crippen molar-refractivity contribution in [2.24, 2.45) is 0 Å². The maximum atomic E-state index is 5.63. The van der Waals surface area contributed by atoms with Gasteiger partial charge in [-0.05, 0) is 65.7 Å². The van der Waals surface area contributed by atoms with Crippen molar-refractivity contribution in [1.29, 1.82) is 0 Å². The minimum Gasteiger partial charge on any atom is -0.491 e. The van der Waals surface area contributed by atoms with E-state index in [1.54, 1.807) is 0 Å². The Balaban J connectivity index is 1.98. The van der Waals surface area contributed by atoms with Crippen LogP contribution in [-0.2, 0) is 6.54 Å². The Morgan fingerprint density at radius 2 is 1.75 bits per heavy atom. The number of ether oxygens (including phenoxy) is 1. The van der Waals surface area contributed by atoms with Crippen LogP contribution < -0.4 is 10.1 Å². The van der Waals surface area contributed by atoms with Crippen LogP contribution in [0, 0.1) is 0 Å². The minimum atomic E-state index is 0.205. The Hall–Kier alpha value is -1.00. The number of anilines is 1. The van der Waals surface area contributed by atoms with E-state index in [0.29, 0.717) is 0 Å². The summed E-state index contributed by atoms with van der Waals surface area (Å²) in [5, 5.41) is 3.41. The van der Waals surface area contributed by atoms with Crippen molar-refractivity contribution in [3.63, 3.8) is 0 Å². The van der Waals surface area contributed by atoms with E-state index in [1.165, 1.54) is 5.56 Å². The third kappa shape index (κ3) is 4.53. The van der Waals surface area contributed by atoms with Crippen molar-refractivity contribution in [2.75, 3.05) is 5.32 Å². The Morgan fingerprint density at radius 3 is 2.40 bits per heavy atom. The largest absolute Gasteiger partial charge is 0.491 e. The SMILES string of the molecule is CC(C)Oc1ccc(CNc2cc(Br)ccc2Br)cc1. The van der Waals surface area contributed by atoms with Crippen LogP contribution in [0.4, 0.5) is 5.69 Å². The third-order valence-electron chi connectivity index (χ3n) is 2.71. The summed E-state index contributed by atoms with van der Waals surface area (Å²) in [6.07, 6.45) is 0.205. The number of hydrogen-bond donors (Lipinski definition) is 1. The Morgan fingerprint density at radius 1 is 1.05 bits per heavy atom. The smallest absolute Gasteiger partial charge is 0.119 e. The van der Waals surface area contributed by atoms with Crippen molar-refractivity contribution < 1.29 is 4.74 Å². The topological polar surface area (TPSA) is 21.3 Å². The fourth-order valence-electron chi connectivity index (χ4n) is 1.79. The van der Waals surface area contributed by atoms with Gasteiger partial charge in [0.15, 0.2) is 0 Å². The molecule has 0 radical (unpaired) electrons. The minimum absolute atomic E-state index is 0.205. The first-order chi connectivity index (χ1) is 9.54. The van der Waals surface area contributed by atoms with E-state index in [1.807, 2.05) is 38.1 Å². The molecule has 0 atom stereocenters. The van der Waals surface area contributed by atoms with E-state index in [9.17, 15) is 0 Å². The van der Waals surface area contributed by atoms with Gasteiger partial charge in [-0.1, -0.05) is 28.1 Å². The Kier molecular flexibility index (Phi) is 5.49. The quantitative estimate of drug-likeness (QED) is 0.706. The third-order valence-corrected chi connectivity index (χ3v) is 3.89. The van der Waals surface area contributed by atoms with Crippen LogP contribution >= 0.6 is 31.9 Å². The van der Waals surface area contributed by atoms with Crippen LogP contribution in [0.3, 0.4) is 0 Å². The molecule has 0 heterocycles. The zero-order chi connectivity index (χ0) is 14.5. The summed E-state index contributed by atoms with van der Waals surface area (Å²) in [6, 6.07) is 14.3. The second-order valence-electron chi connectivity index (χ2n) is 4.79. The van der Waals surface area contributed by atoms with Gasteiger partial charge in [0.25, 0.3) is 0 Å². The Bertz CT molecular complexity index is 567. The highest BCUT2D eigenvalue weighted by Gasteiger charge is 2.02. The zero-order valence-electron chi connectivity index (χ0n) is 11.5. The van der Waals surface area contributed by atoms with Crippen molar-refractivity contribution in [3.05, 3.63) is 57.0 Å². The molecule has 0 saturated carbocycles. The molecule has 4 heteroatoms. The highest BCUT2D eigenvalue weighted by Crippen LogP contribution is 2.26. The maximum absolute atomic E-state index is 5.63. The molecule has 2 aromatic carbocycles. The van der Waals surface area contributed by atoms with E-state index >= 15 is 0 Å². The summed E-state index contributed by atoms with van der Waals surface area (Å²) >= 11 is 7.02. The zero-order valence-corrected chi connectivity index (χ0v) is 14.7. The summed E-state index contributed by atoms with van der Waals surface area (Å²) in [5.41, 5.74) is 2.29. The molecule has 1 N–H and O–H groups in total. The van der Waals surface area contributed by atoms with Crippen molar-refractivity contribution in [3.8, 4) is 5.75 Å². The standard InChI is InChI=1S/C16H17Br2NO/c1-11(2)20-14-6-3-12(4-7-14)10-19-16-9-13(17)5-8-15(16)18/h3-9,11,19H,10H2,1-2H3.